The number of rotatable bonds is 7. The Labute approximate surface area is 160 Å². The zero-order chi connectivity index (χ0) is 19.2. The van der Waals surface area contributed by atoms with Gasteiger partial charge in [0.25, 0.3) is 11.5 Å². The number of aliphatic hydroxyl groups excluding tert-OH is 1. The maximum Gasteiger partial charge on any atom is 0.263 e. The molecule has 0 saturated heterocycles. The minimum absolute atomic E-state index is 0.182. The van der Waals surface area contributed by atoms with Crippen LogP contribution in [0.4, 0.5) is 0 Å². The minimum atomic E-state index is -0.529. The molecule has 2 aromatic rings. The molecule has 1 aliphatic carbocycles. The van der Waals surface area contributed by atoms with Crippen LogP contribution in [0.15, 0.2) is 41.2 Å². The van der Waals surface area contributed by atoms with Crippen molar-refractivity contribution in [3.63, 3.8) is 0 Å². The van der Waals surface area contributed by atoms with Crippen LogP contribution < -0.4 is 10.9 Å². The molecule has 0 aliphatic heterocycles. The minimum Gasteiger partial charge on any atom is -0.394 e. The van der Waals surface area contributed by atoms with Gasteiger partial charge in [-0.05, 0) is 49.3 Å². The number of pyridine rings is 1. The molecule has 1 atom stereocenters. The van der Waals surface area contributed by atoms with E-state index in [0.29, 0.717) is 6.54 Å². The monoisotopic (exact) mass is 368 g/mol. The second-order valence-electron chi connectivity index (χ2n) is 7.17. The average Bonchev–Trinajstić information content (AvgIpc) is 2.71. The molecular weight excluding hydrogens is 340 g/mol. The number of benzene rings is 1. The number of carbonyl (C=O) groups excluding carboxylic acids is 1. The third-order valence-corrected chi connectivity index (χ3v) is 5.27. The molecule has 1 aromatic carbocycles. The Bertz CT molecular complexity index is 843. The highest BCUT2D eigenvalue weighted by atomic mass is 16.3. The van der Waals surface area contributed by atoms with Gasteiger partial charge in [-0.2, -0.15) is 0 Å². The molecule has 2 N–H and O–H groups in total. The predicted molar refractivity (Wildman–Crippen MR) is 106 cm³/mol. The summed E-state index contributed by atoms with van der Waals surface area (Å²) in [5, 5.41) is 12.5. The fraction of sp³-hybridized carbons (Fsp3) is 0.455. The van der Waals surface area contributed by atoms with Gasteiger partial charge < -0.3 is 15.0 Å². The second kappa shape index (κ2) is 9.00. The van der Waals surface area contributed by atoms with Crippen molar-refractivity contribution in [3.05, 3.63) is 69.1 Å². The molecule has 1 aromatic heterocycles. The highest BCUT2D eigenvalue weighted by molar-refractivity contribution is 5.94. The first-order chi connectivity index (χ1) is 13.2. The first-order valence-corrected chi connectivity index (χ1v) is 9.88. The van der Waals surface area contributed by atoms with Gasteiger partial charge in [0, 0.05) is 12.2 Å². The number of aromatic nitrogens is 1. The molecule has 0 bridgehead atoms. The summed E-state index contributed by atoms with van der Waals surface area (Å²) < 4.78 is 1.81. The van der Waals surface area contributed by atoms with Gasteiger partial charge in [0.2, 0.25) is 0 Å². The number of hydrogen-bond acceptors (Lipinski definition) is 3. The van der Waals surface area contributed by atoms with Crippen LogP contribution in [-0.4, -0.2) is 22.2 Å². The molecule has 27 heavy (non-hydrogen) atoms. The smallest absolute Gasteiger partial charge is 0.263 e. The summed E-state index contributed by atoms with van der Waals surface area (Å²) in [4.78, 5) is 25.9. The summed E-state index contributed by atoms with van der Waals surface area (Å²) in [5.41, 5.74) is 2.99. The lowest BCUT2D eigenvalue weighted by atomic mass is 9.94. The molecule has 144 valence electrons. The van der Waals surface area contributed by atoms with Crippen LogP contribution in [0.25, 0.3) is 0 Å². The third kappa shape index (κ3) is 4.30. The van der Waals surface area contributed by atoms with Gasteiger partial charge in [-0.1, -0.05) is 43.7 Å². The van der Waals surface area contributed by atoms with E-state index in [1.165, 1.54) is 0 Å². The molecule has 5 nitrogen and oxygen atoms in total. The third-order valence-electron chi connectivity index (χ3n) is 5.27. The number of unbranched alkanes of at least 4 members (excludes halogenated alkanes) is 1. The van der Waals surface area contributed by atoms with Gasteiger partial charge in [-0.25, -0.2) is 0 Å². The molecule has 0 fully saturated rings. The Morgan fingerprint density at radius 3 is 2.67 bits per heavy atom. The summed E-state index contributed by atoms with van der Waals surface area (Å²) in [6.07, 6.45) is 5.90. The molecule has 1 amide bonds. The maximum absolute atomic E-state index is 13.0. The van der Waals surface area contributed by atoms with Crippen molar-refractivity contribution < 1.29 is 9.90 Å². The Kier molecular flexibility index (Phi) is 6.45. The topological polar surface area (TPSA) is 71.3 Å². The predicted octanol–water partition coefficient (Wildman–Crippen LogP) is 2.99. The van der Waals surface area contributed by atoms with Crippen LogP contribution in [0.2, 0.25) is 0 Å². The number of carbonyl (C=O) groups is 1. The summed E-state index contributed by atoms with van der Waals surface area (Å²) in [5.74, 6) is -0.415. The van der Waals surface area contributed by atoms with E-state index in [-0.39, 0.29) is 17.7 Å². The lowest BCUT2D eigenvalue weighted by molar-refractivity contribution is 0.0913. The fourth-order valence-electron chi connectivity index (χ4n) is 3.75. The van der Waals surface area contributed by atoms with Crippen LogP contribution in [0.1, 0.15) is 65.8 Å². The first kappa shape index (κ1) is 19.4. The summed E-state index contributed by atoms with van der Waals surface area (Å²) in [6, 6.07) is 10.6. The molecule has 0 unspecified atom stereocenters. The van der Waals surface area contributed by atoms with E-state index in [4.69, 9.17) is 0 Å². The number of hydrogen-bond donors (Lipinski definition) is 2. The molecule has 0 saturated carbocycles. The van der Waals surface area contributed by atoms with Crippen LogP contribution >= 0.6 is 0 Å². The summed E-state index contributed by atoms with van der Waals surface area (Å²) in [7, 11) is 0. The zero-order valence-electron chi connectivity index (χ0n) is 15.9. The number of fused-ring (bicyclic) bond motifs is 1. The van der Waals surface area contributed by atoms with Gasteiger partial charge in [-0.3, -0.25) is 9.59 Å². The number of nitrogens with one attached hydrogen (secondary N) is 1. The van der Waals surface area contributed by atoms with E-state index in [0.717, 1.165) is 55.3 Å². The standard InChI is InChI=1S/C22H28N2O3/c1-2-3-13-24-20-12-8-7-11-17(20)14-18(22(24)27)21(26)23-19(15-25)16-9-5-4-6-10-16/h4-6,9-10,14,19,25H,2-3,7-8,11-13,15H2,1H3,(H,23,26)/t19-/m1/s1. The molecular formula is C22H28N2O3. The van der Waals surface area contributed by atoms with Crippen molar-refractivity contribution in [2.45, 2.75) is 58.0 Å². The van der Waals surface area contributed by atoms with Crippen molar-refractivity contribution in [3.8, 4) is 0 Å². The van der Waals surface area contributed by atoms with Gasteiger partial charge in [0.1, 0.15) is 5.56 Å². The quantitative estimate of drug-likeness (QED) is 0.789. The van der Waals surface area contributed by atoms with Crippen LogP contribution in [0, 0.1) is 0 Å². The Hall–Kier alpha value is -2.40. The Balaban J connectivity index is 1.93. The largest absolute Gasteiger partial charge is 0.394 e. The Morgan fingerprint density at radius 1 is 1.22 bits per heavy atom. The van der Waals surface area contributed by atoms with E-state index < -0.39 is 11.9 Å². The fourth-order valence-corrected chi connectivity index (χ4v) is 3.75. The number of aliphatic hydroxyl groups is 1. The van der Waals surface area contributed by atoms with E-state index in [1.807, 2.05) is 34.9 Å². The van der Waals surface area contributed by atoms with E-state index >= 15 is 0 Å². The molecule has 1 heterocycles. The van der Waals surface area contributed by atoms with Gasteiger partial charge in [0.15, 0.2) is 0 Å². The lowest BCUT2D eigenvalue weighted by Crippen LogP contribution is -2.38. The van der Waals surface area contributed by atoms with Crippen LogP contribution in [0.5, 0.6) is 0 Å². The number of amides is 1. The van der Waals surface area contributed by atoms with Gasteiger partial charge in [-0.15, -0.1) is 0 Å². The number of nitrogens with zero attached hydrogens (tertiary/aromatic N) is 1. The van der Waals surface area contributed by atoms with Crippen molar-refractivity contribution in [2.75, 3.05) is 6.61 Å². The van der Waals surface area contributed by atoms with Crippen molar-refractivity contribution in [2.24, 2.45) is 0 Å². The molecule has 3 rings (SSSR count). The first-order valence-electron chi connectivity index (χ1n) is 9.88. The van der Waals surface area contributed by atoms with E-state index in [2.05, 4.69) is 12.2 Å². The van der Waals surface area contributed by atoms with Crippen molar-refractivity contribution >= 4 is 5.91 Å². The van der Waals surface area contributed by atoms with Crippen LogP contribution in [-0.2, 0) is 19.4 Å². The highest BCUT2D eigenvalue weighted by Gasteiger charge is 2.23. The molecule has 0 spiro atoms. The maximum atomic E-state index is 13.0. The lowest BCUT2D eigenvalue weighted by Gasteiger charge is -2.23. The Morgan fingerprint density at radius 2 is 1.96 bits per heavy atom. The highest BCUT2D eigenvalue weighted by Crippen LogP contribution is 2.22. The van der Waals surface area contributed by atoms with Crippen molar-refractivity contribution in [1.29, 1.82) is 0 Å². The number of aryl methyl sites for hydroxylation is 1. The average molecular weight is 368 g/mol. The zero-order valence-corrected chi connectivity index (χ0v) is 15.9. The second-order valence-corrected chi connectivity index (χ2v) is 7.17. The van der Waals surface area contributed by atoms with Gasteiger partial charge >= 0.3 is 0 Å². The van der Waals surface area contributed by atoms with Gasteiger partial charge in [0.05, 0.1) is 12.6 Å². The molecule has 0 radical (unpaired) electrons. The van der Waals surface area contributed by atoms with E-state index in [1.54, 1.807) is 6.07 Å². The summed E-state index contributed by atoms with van der Waals surface area (Å²) >= 11 is 0. The normalized spacial score (nSPS) is 14.4. The van der Waals surface area contributed by atoms with E-state index in [9.17, 15) is 14.7 Å². The van der Waals surface area contributed by atoms with Crippen LogP contribution in [0.3, 0.4) is 0 Å². The summed E-state index contributed by atoms with van der Waals surface area (Å²) in [6.45, 7) is 2.53. The SMILES string of the molecule is CCCCn1c2c(cc(C(=O)N[C@H](CO)c3ccccc3)c1=O)CCCC2. The molecule has 5 heteroatoms. The molecule has 1 aliphatic rings. The van der Waals surface area contributed by atoms with Crippen molar-refractivity contribution in [1.82, 2.24) is 9.88 Å².